The average molecular weight is 172 g/mol. The van der Waals surface area contributed by atoms with Crippen LogP contribution in [-0.4, -0.2) is 8.66 Å². The van der Waals surface area contributed by atoms with Crippen LogP contribution in [0.5, 0.6) is 0 Å². The molecule has 4 heteroatoms. The fraction of sp³-hybridized carbons (Fsp3) is 1.00. The van der Waals surface area contributed by atoms with Gasteiger partial charge < -0.3 is 0 Å². The SMILES string of the molecule is CC(S)C(S)(S)S. The molecule has 1 unspecified atom stereocenters. The molecule has 0 aliphatic heterocycles. The van der Waals surface area contributed by atoms with Crippen LogP contribution in [0.3, 0.4) is 0 Å². The zero-order valence-corrected chi connectivity index (χ0v) is 7.44. The van der Waals surface area contributed by atoms with E-state index >= 15 is 0 Å². The third-order valence-corrected chi connectivity index (χ3v) is 2.72. The molecule has 7 heavy (non-hydrogen) atoms. The first-order valence-electron chi connectivity index (χ1n) is 1.80. The molecule has 0 aliphatic rings. The summed E-state index contributed by atoms with van der Waals surface area (Å²) in [6.07, 6.45) is 0. The molecule has 0 amide bonds. The van der Waals surface area contributed by atoms with Crippen LogP contribution in [-0.2, 0) is 0 Å². The lowest BCUT2D eigenvalue weighted by Gasteiger charge is -2.18. The Kier molecular flexibility index (Phi) is 3.36. The molecule has 0 saturated carbocycles. The predicted octanol–water partition coefficient (Wildman–Crippen LogP) is 1.75. The molecule has 0 radical (unpaired) electrons. The zero-order valence-electron chi connectivity index (χ0n) is 3.87. The van der Waals surface area contributed by atoms with Crippen molar-refractivity contribution in [3.63, 3.8) is 0 Å². The quantitative estimate of drug-likeness (QED) is 0.336. The van der Waals surface area contributed by atoms with E-state index in [2.05, 4.69) is 50.5 Å². The van der Waals surface area contributed by atoms with Crippen LogP contribution in [0.15, 0.2) is 0 Å². The lowest BCUT2D eigenvalue weighted by Crippen LogP contribution is -2.15. The highest BCUT2D eigenvalue weighted by Crippen LogP contribution is 2.31. The van der Waals surface area contributed by atoms with E-state index < -0.39 is 3.41 Å². The molecule has 0 heterocycles. The van der Waals surface area contributed by atoms with E-state index in [0.717, 1.165) is 0 Å². The van der Waals surface area contributed by atoms with Crippen LogP contribution in [0.2, 0.25) is 0 Å². The molecule has 0 N–H and O–H groups in total. The fourth-order valence-corrected chi connectivity index (χ4v) is 0. The van der Waals surface area contributed by atoms with Gasteiger partial charge in [-0.05, 0) is 0 Å². The summed E-state index contributed by atoms with van der Waals surface area (Å²) in [5.41, 5.74) is 0. The summed E-state index contributed by atoms with van der Waals surface area (Å²) in [7, 11) is 0. The van der Waals surface area contributed by atoms with Crippen molar-refractivity contribution >= 4 is 50.5 Å². The Morgan fingerprint density at radius 2 is 1.43 bits per heavy atom. The topological polar surface area (TPSA) is 0 Å². The third kappa shape index (κ3) is 3.94. The minimum atomic E-state index is -0.552. The Morgan fingerprint density at radius 3 is 1.43 bits per heavy atom. The van der Waals surface area contributed by atoms with Crippen LogP contribution in [0.1, 0.15) is 6.92 Å². The first-order chi connectivity index (χ1) is 2.94. The first kappa shape index (κ1) is 8.40. The van der Waals surface area contributed by atoms with E-state index in [-0.39, 0.29) is 5.25 Å². The minimum absolute atomic E-state index is 0.0856. The van der Waals surface area contributed by atoms with Crippen LogP contribution in [0, 0.1) is 0 Å². The van der Waals surface area contributed by atoms with Gasteiger partial charge in [-0.3, -0.25) is 0 Å². The van der Waals surface area contributed by atoms with Crippen molar-refractivity contribution in [3.05, 3.63) is 0 Å². The van der Waals surface area contributed by atoms with Crippen LogP contribution >= 0.6 is 50.5 Å². The van der Waals surface area contributed by atoms with Gasteiger partial charge in [-0.2, -0.15) is 50.5 Å². The Balaban J connectivity index is 3.54. The second kappa shape index (κ2) is 2.80. The van der Waals surface area contributed by atoms with Crippen LogP contribution in [0.25, 0.3) is 0 Å². The summed E-state index contributed by atoms with van der Waals surface area (Å²) in [5.74, 6) is 0. The standard InChI is InChI=1S/C3H8S4/c1-2(4)3(5,6)7/h2,4-7H,1H3. The Bertz CT molecular complexity index is 52.4. The number of thiol groups is 4. The molecule has 44 valence electrons. The number of hydrogen-bond donors (Lipinski definition) is 4. The van der Waals surface area contributed by atoms with E-state index in [9.17, 15) is 0 Å². The molecular weight excluding hydrogens is 164 g/mol. The van der Waals surface area contributed by atoms with Crippen molar-refractivity contribution in [2.24, 2.45) is 0 Å². The summed E-state index contributed by atoms with van der Waals surface area (Å²) in [6, 6.07) is 0. The number of rotatable bonds is 1. The van der Waals surface area contributed by atoms with Crippen molar-refractivity contribution in [2.45, 2.75) is 15.6 Å². The zero-order chi connectivity index (χ0) is 6.08. The van der Waals surface area contributed by atoms with E-state index in [1.165, 1.54) is 0 Å². The normalized spacial score (nSPS) is 16.7. The number of hydrogen-bond acceptors (Lipinski definition) is 4. The molecule has 0 bridgehead atoms. The lowest BCUT2D eigenvalue weighted by atomic mass is 10.5. The van der Waals surface area contributed by atoms with Gasteiger partial charge in [0.05, 0.1) is 0 Å². The average Bonchev–Trinajstić information content (AvgIpc) is 1.31. The second-order valence-electron chi connectivity index (χ2n) is 1.36. The molecule has 0 aromatic heterocycles. The fourth-order valence-electron chi connectivity index (χ4n) is 0. The largest absolute Gasteiger partial charge is 0.173 e. The molecule has 0 rings (SSSR count). The van der Waals surface area contributed by atoms with Gasteiger partial charge in [-0.1, -0.05) is 6.92 Å². The molecule has 0 aromatic carbocycles. The predicted molar refractivity (Wildman–Crippen MR) is 48.1 cm³/mol. The second-order valence-corrected chi connectivity index (χ2v) is 5.31. The van der Waals surface area contributed by atoms with Gasteiger partial charge >= 0.3 is 0 Å². The van der Waals surface area contributed by atoms with Crippen LogP contribution in [0.4, 0.5) is 0 Å². The highest BCUT2D eigenvalue weighted by atomic mass is 32.2. The molecule has 0 spiro atoms. The summed E-state index contributed by atoms with van der Waals surface area (Å²) >= 11 is 16.1. The highest BCUT2D eigenvalue weighted by molar-refractivity contribution is 8.18. The van der Waals surface area contributed by atoms with Crippen molar-refractivity contribution in [2.75, 3.05) is 0 Å². The van der Waals surface area contributed by atoms with Crippen molar-refractivity contribution in [3.8, 4) is 0 Å². The third-order valence-electron chi connectivity index (χ3n) is 0.561. The van der Waals surface area contributed by atoms with Crippen molar-refractivity contribution < 1.29 is 0 Å². The van der Waals surface area contributed by atoms with E-state index in [4.69, 9.17) is 0 Å². The summed E-state index contributed by atoms with van der Waals surface area (Å²) in [4.78, 5) is 0. The summed E-state index contributed by atoms with van der Waals surface area (Å²) < 4.78 is -0.552. The maximum atomic E-state index is 4.05. The van der Waals surface area contributed by atoms with E-state index in [0.29, 0.717) is 0 Å². The minimum Gasteiger partial charge on any atom is -0.173 e. The van der Waals surface area contributed by atoms with Gasteiger partial charge in [-0.25, -0.2) is 0 Å². The van der Waals surface area contributed by atoms with E-state index in [1.807, 2.05) is 6.92 Å². The molecule has 0 fully saturated rings. The molecule has 1 atom stereocenters. The summed E-state index contributed by atoms with van der Waals surface area (Å²) in [6.45, 7) is 1.89. The maximum Gasteiger partial charge on any atom is 0.109 e. The lowest BCUT2D eigenvalue weighted by molar-refractivity contribution is 1.06. The molecule has 0 aromatic rings. The highest BCUT2D eigenvalue weighted by Gasteiger charge is 2.18. The monoisotopic (exact) mass is 172 g/mol. The Hall–Kier alpha value is 1.40. The molecule has 0 aliphatic carbocycles. The van der Waals surface area contributed by atoms with Crippen molar-refractivity contribution in [1.29, 1.82) is 0 Å². The van der Waals surface area contributed by atoms with Gasteiger partial charge in [0.1, 0.15) is 3.41 Å². The van der Waals surface area contributed by atoms with Gasteiger partial charge in [0, 0.05) is 5.25 Å². The van der Waals surface area contributed by atoms with E-state index in [1.54, 1.807) is 0 Å². The molecule has 0 nitrogen and oxygen atoms in total. The van der Waals surface area contributed by atoms with Crippen molar-refractivity contribution in [1.82, 2.24) is 0 Å². The molecular formula is C3H8S4. The van der Waals surface area contributed by atoms with Gasteiger partial charge in [0.2, 0.25) is 0 Å². The Labute approximate surface area is 66.1 Å². The first-order valence-corrected chi connectivity index (χ1v) is 3.65. The maximum absolute atomic E-state index is 4.05. The smallest absolute Gasteiger partial charge is 0.109 e. The van der Waals surface area contributed by atoms with Gasteiger partial charge in [-0.15, -0.1) is 0 Å². The van der Waals surface area contributed by atoms with Gasteiger partial charge in [0.25, 0.3) is 0 Å². The summed E-state index contributed by atoms with van der Waals surface area (Å²) in [5, 5.41) is 0.0856. The van der Waals surface area contributed by atoms with Gasteiger partial charge in [0.15, 0.2) is 0 Å². The van der Waals surface area contributed by atoms with Crippen LogP contribution < -0.4 is 0 Å². The molecule has 0 saturated heterocycles. The Morgan fingerprint density at radius 1 is 1.29 bits per heavy atom.